The van der Waals surface area contributed by atoms with Gasteiger partial charge in [0.15, 0.2) is 0 Å². The Kier molecular flexibility index (Phi) is 11.6. The largest absolute Gasteiger partial charge is 0.473 e. The van der Waals surface area contributed by atoms with Gasteiger partial charge in [-0.15, -0.1) is 0 Å². The van der Waals surface area contributed by atoms with Crippen LogP contribution in [0.2, 0.25) is 0 Å². The van der Waals surface area contributed by atoms with Gasteiger partial charge < -0.3 is 24.4 Å². The number of pyridine rings is 1. The van der Waals surface area contributed by atoms with Crippen molar-refractivity contribution in [3.8, 4) is 11.8 Å². The van der Waals surface area contributed by atoms with E-state index in [-0.39, 0.29) is 18.4 Å². The zero-order valence-corrected chi connectivity index (χ0v) is 27.4. The Morgan fingerprint density at radius 1 is 1.07 bits per heavy atom. The van der Waals surface area contributed by atoms with Crippen molar-refractivity contribution in [2.75, 3.05) is 32.1 Å². The highest BCUT2D eigenvalue weighted by Gasteiger charge is 2.26. The molecule has 2 heterocycles. The third kappa shape index (κ3) is 8.97. The van der Waals surface area contributed by atoms with Gasteiger partial charge in [-0.1, -0.05) is 85.5 Å². The van der Waals surface area contributed by atoms with E-state index >= 15 is 0 Å². The minimum absolute atomic E-state index is 0.225. The molecule has 0 unspecified atom stereocenters. The summed E-state index contributed by atoms with van der Waals surface area (Å²) < 4.78 is 17.8. The second-order valence-corrected chi connectivity index (χ2v) is 11.8. The summed E-state index contributed by atoms with van der Waals surface area (Å²) in [6.45, 7) is 13.0. The Morgan fingerprint density at radius 3 is 2.50 bits per heavy atom. The van der Waals surface area contributed by atoms with Crippen molar-refractivity contribution in [1.29, 1.82) is 5.41 Å². The number of benzene rings is 2. The van der Waals surface area contributed by atoms with E-state index in [4.69, 9.17) is 19.2 Å². The normalized spacial score (nSPS) is 13.6. The van der Waals surface area contributed by atoms with Gasteiger partial charge in [0.2, 0.25) is 11.8 Å². The molecule has 0 fully saturated rings. The lowest BCUT2D eigenvalue weighted by atomic mass is 9.92. The highest BCUT2D eigenvalue weighted by atomic mass is 16.6. The molecule has 1 aliphatic heterocycles. The number of carbonyl (C=O) groups excluding carboxylic acids is 1. The lowest BCUT2D eigenvalue weighted by Crippen LogP contribution is -2.39. The van der Waals surface area contributed by atoms with Gasteiger partial charge in [0.25, 0.3) is 0 Å². The topological polar surface area (TPSA) is 96.8 Å². The maximum atomic E-state index is 12.6. The number of carbonyl (C=O) groups is 1. The van der Waals surface area contributed by atoms with Crippen molar-refractivity contribution >= 4 is 23.1 Å². The molecule has 0 radical (unpaired) electrons. The molecular weight excluding hydrogens is 576 g/mol. The summed E-state index contributed by atoms with van der Waals surface area (Å²) in [6.07, 6.45) is 9.93. The van der Waals surface area contributed by atoms with Gasteiger partial charge in [0, 0.05) is 37.3 Å². The Labute approximate surface area is 272 Å². The van der Waals surface area contributed by atoms with Crippen molar-refractivity contribution in [1.82, 2.24) is 9.88 Å². The lowest BCUT2D eigenvalue weighted by Gasteiger charge is -2.30. The molecule has 0 spiro atoms. The minimum Gasteiger partial charge on any atom is -0.473 e. The molecule has 8 heteroatoms. The van der Waals surface area contributed by atoms with Crippen LogP contribution in [0.25, 0.3) is 5.57 Å². The smallest absolute Gasteiger partial charge is 0.410 e. The number of allylic oxidation sites excluding steroid dienone is 3. The third-order valence-corrected chi connectivity index (χ3v) is 7.26. The molecule has 0 aliphatic carbocycles. The molecule has 0 saturated carbocycles. The number of anilines is 1. The van der Waals surface area contributed by atoms with Gasteiger partial charge in [0.05, 0.1) is 17.0 Å². The molecule has 0 saturated heterocycles. The van der Waals surface area contributed by atoms with Gasteiger partial charge in [-0.3, -0.25) is 5.41 Å². The number of nitrogens with zero attached hydrogens (tertiary/aromatic N) is 2. The quantitative estimate of drug-likeness (QED) is 0.156. The number of para-hydroxylation sites is 1. The molecule has 0 bridgehead atoms. The van der Waals surface area contributed by atoms with E-state index in [1.165, 1.54) is 0 Å². The second kappa shape index (κ2) is 15.8. The molecule has 3 aromatic rings. The number of aromatic nitrogens is 1. The first-order chi connectivity index (χ1) is 22.1. The van der Waals surface area contributed by atoms with E-state index in [1.807, 2.05) is 108 Å². The van der Waals surface area contributed by atoms with Gasteiger partial charge in [0.1, 0.15) is 18.8 Å². The van der Waals surface area contributed by atoms with Crippen LogP contribution in [0, 0.1) is 5.41 Å². The molecule has 1 aromatic heterocycles. The summed E-state index contributed by atoms with van der Waals surface area (Å²) in [7, 11) is 1.85. The van der Waals surface area contributed by atoms with Crippen LogP contribution >= 0.6 is 0 Å². The zero-order chi connectivity index (χ0) is 33.1. The summed E-state index contributed by atoms with van der Waals surface area (Å²) in [5.74, 6) is 0.693. The average molecular weight is 621 g/mol. The fourth-order valence-electron chi connectivity index (χ4n) is 4.93. The molecule has 8 nitrogen and oxygen atoms in total. The highest BCUT2D eigenvalue weighted by Crippen LogP contribution is 2.34. The van der Waals surface area contributed by atoms with E-state index in [0.29, 0.717) is 49.0 Å². The van der Waals surface area contributed by atoms with Crippen molar-refractivity contribution in [3.63, 3.8) is 0 Å². The Bertz CT molecular complexity index is 1630. The monoisotopic (exact) mass is 620 g/mol. The van der Waals surface area contributed by atoms with Crippen molar-refractivity contribution in [2.24, 2.45) is 0 Å². The van der Waals surface area contributed by atoms with Crippen LogP contribution in [0.4, 0.5) is 10.5 Å². The van der Waals surface area contributed by atoms with Crippen LogP contribution in [-0.2, 0) is 11.3 Å². The summed E-state index contributed by atoms with van der Waals surface area (Å²) in [5.41, 5.74) is 5.74. The van der Waals surface area contributed by atoms with Crippen LogP contribution < -0.4 is 14.8 Å². The second-order valence-electron chi connectivity index (χ2n) is 11.8. The van der Waals surface area contributed by atoms with E-state index in [1.54, 1.807) is 17.0 Å². The van der Waals surface area contributed by atoms with Crippen molar-refractivity contribution < 1.29 is 19.0 Å². The third-order valence-electron chi connectivity index (χ3n) is 7.26. The van der Waals surface area contributed by atoms with Gasteiger partial charge in [-0.05, 0) is 56.9 Å². The van der Waals surface area contributed by atoms with Crippen LogP contribution in [0.1, 0.15) is 56.4 Å². The predicted molar refractivity (Wildman–Crippen MR) is 186 cm³/mol. The van der Waals surface area contributed by atoms with Gasteiger partial charge in [-0.2, -0.15) is 4.98 Å². The highest BCUT2D eigenvalue weighted by molar-refractivity contribution is 6.16. The van der Waals surface area contributed by atoms with Crippen LogP contribution in [0.15, 0.2) is 103 Å². The summed E-state index contributed by atoms with van der Waals surface area (Å²) >= 11 is 0. The first-order valence-corrected chi connectivity index (χ1v) is 15.5. The van der Waals surface area contributed by atoms with Crippen molar-refractivity contribution in [3.05, 3.63) is 125 Å². The van der Waals surface area contributed by atoms with E-state index in [9.17, 15) is 10.2 Å². The van der Waals surface area contributed by atoms with E-state index in [2.05, 4.69) is 18.0 Å². The molecule has 240 valence electrons. The zero-order valence-electron chi connectivity index (χ0n) is 27.4. The first kappa shape index (κ1) is 33.8. The fourth-order valence-corrected chi connectivity index (χ4v) is 4.93. The maximum Gasteiger partial charge on any atom is 0.410 e. The summed E-state index contributed by atoms with van der Waals surface area (Å²) in [6, 6.07) is 19.4. The molecular formula is C38H44N4O4. The number of hydrogen-bond donors (Lipinski definition) is 2. The minimum atomic E-state index is -0.547. The maximum absolute atomic E-state index is 12.6. The molecule has 4 rings (SSSR count). The number of rotatable bonds is 12. The Balaban J connectivity index is 1.64. The predicted octanol–water partition coefficient (Wildman–Crippen LogP) is 8.21. The molecule has 2 aromatic carbocycles. The molecule has 0 atom stereocenters. The van der Waals surface area contributed by atoms with E-state index in [0.717, 1.165) is 28.0 Å². The molecule has 1 amide bonds. The number of hydrogen-bond acceptors (Lipinski definition) is 7. The molecule has 2 N–H and O–H groups in total. The van der Waals surface area contributed by atoms with Crippen molar-refractivity contribution in [2.45, 2.75) is 46.3 Å². The number of nitrogens with one attached hydrogen (secondary N) is 2. The van der Waals surface area contributed by atoms with Crippen LogP contribution in [-0.4, -0.2) is 54.0 Å². The molecule has 1 aliphatic rings. The van der Waals surface area contributed by atoms with Crippen LogP contribution in [0.5, 0.6) is 11.8 Å². The summed E-state index contributed by atoms with van der Waals surface area (Å²) in [5, 5.41) is 12.7. The first-order valence-electron chi connectivity index (χ1n) is 15.5. The Hall–Kier alpha value is -5.11. The fraction of sp³-hybridized carbons (Fsp3) is 0.289. The lowest BCUT2D eigenvalue weighted by molar-refractivity contribution is 0.0270. The SMILES string of the molecule is C=C/C(=C\C=C/C)COc1nc(OCc2ccccc2)ccc1C(=N)c1cccc(C2=CCN(C(=O)OC(C)(C)C)CC2)c1NC. The molecule has 46 heavy (non-hydrogen) atoms. The summed E-state index contributed by atoms with van der Waals surface area (Å²) in [4.78, 5) is 19.0. The number of amides is 1. The Morgan fingerprint density at radius 2 is 1.85 bits per heavy atom. The van der Waals surface area contributed by atoms with Crippen LogP contribution in [0.3, 0.4) is 0 Å². The number of ether oxygens (including phenoxy) is 3. The average Bonchev–Trinajstić information content (AvgIpc) is 3.06. The van der Waals surface area contributed by atoms with E-state index < -0.39 is 5.60 Å². The van der Waals surface area contributed by atoms with Gasteiger partial charge >= 0.3 is 6.09 Å². The standard InChI is InChI=1S/C38H44N4O4/c1-7-9-14-27(8-2)25-45-36-32(19-20-33(41-36)44-26-28-15-11-10-12-16-28)34(39)31-18-13-17-30(35(31)40-6)29-21-23-42(24-22-29)37(43)46-38(3,4)5/h7-21,39-40H,2,22-26H2,1,3-6H3/b9-7-,27-14+,39-34?. The van der Waals surface area contributed by atoms with Gasteiger partial charge in [-0.25, -0.2) is 4.79 Å².